The van der Waals surface area contributed by atoms with Gasteiger partial charge in [-0.2, -0.15) is 0 Å². The van der Waals surface area contributed by atoms with Crippen molar-refractivity contribution in [2.45, 2.75) is 19.8 Å². The summed E-state index contributed by atoms with van der Waals surface area (Å²) in [5.41, 5.74) is 3.21. The third-order valence-corrected chi connectivity index (χ3v) is 5.29. The molecule has 1 N–H and O–H groups in total. The van der Waals surface area contributed by atoms with E-state index < -0.39 is 0 Å². The van der Waals surface area contributed by atoms with E-state index in [1.807, 2.05) is 91.9 Å². The lowest BCUT2D eigenvalue weighted by atomic mass is 10.0. The van der Waals surface area contributed by atoms with Gasteiger partial charge in [0.1, 0.15) is 11.4 Å². The van der Waals surface area contributed by atoms with E-state index in [0.717, 1.165) is 23.4 Å². The number of carbonyl (C=O) groups excluding carboxylic acids is 2. The molecule has 1 aliphatic rings. The van der Waals surface area contributed by atoms with E-state index in [2.05, 4.69) is 5.32 Å². The highest BCUT2D eigenvalue weighted by Crippen LogP contribution is 2.31. The van der Waals surface area contributed by atoms with Gasteiger partial charge < -0.3 is 10.1 Å². The molecule has 3 aromatic carbocycles. The summed E-state index contributed by atoms with van der Waals surface area (Å²) in [7, 11) is 0. The Hall–Kier alpha value is -3.86. The largest absolute Gasteiger partial charge is 0.494 e. The standard InChI is InChI=1S/C27H26N2O3/c1-2-19-32-23-15-13-21(14-16-23)24-25(28-22-11-7-4-8-12-22)27(31)29(26(24)30)18-17-20-9-5-3-6-10-20/h3-16,28H,2,17-19H2,1H3. The number of para-hydroxylation sites is 1. The van der Waals surface area contributed by atoms with Crippen LogP contribution < -0.4 is 10.1 Å². The SMILES string of the molecule is CCCOc1ccc(C2=C(Nc3ccccc3)C(=O)N(CCc3ccccc3)C2=O)cc1. The zero-order chi connectivity index (χ0) is 22.3. The number of imide groups is 1. The Labute approximate surface area is 188 Å². The lowest BCUT2D eigenvalue weighted by molar-refractivity contribution is -0.136. The summed E-state index contributed by atoms with van der Waals surface area (Å²) in [6, 6.07) is 26.6. The van der Waals surface area contributed by atoms with Crippen LogP contribution in [-0.4, -0.2) is 29.9 Å². The summed E-state index contributed by atoms with van der Waals surface area (Å²) in [6.45, 7) is 3.00. The van der Waals surface area contributed by atoms with Gasteiger partial charge in [0.15, 0.2) is 0 Å². The minimum absolute atomic E-state index is 0.286. The molecule has 2 amide bonds. The van der Waals surface area contributed by atoms with Crippen LogP contribution >= 0.6 is 0 Å². The third-order valence-electron chi connectivity index (χ3n) is 5.29. The molecule has 162 valence electrons. The van der Waals surface area contributed by atoms with E-state index in [-0.39, 0.29) is 11.8 Å². The maximum Gasteiger partial charge on any atom is 0.278 e. The first-order valence-corrected chi connectivity index (χ1v) is 10.9. The number of anilines is 1. The van der Waals surface area contributed by atoms with Gasteiger partial charge in [-0.1, -0.05) is 67.6 Å². The van der Waals surface area contributed by atoms with Crippen LogP contribution in [0.4, 0.5) is 5.69 Å². The van der Waals surface area contributed by atoms with E-state index in [9.17, 15) is 9.59 Å². The smallest absolute Gasteiger partial charge is 0.278 e. The minimum atomic E-state index is -0.309. The van der Waals surface area contributed by atoms with Crippen LogP contribution in [-0.2, 0) is 16.0 Å². The van der Waals surface area contributed by atoms with Crippen LogP contribution in [0.15, 0.2) is 90.6 Å². The number of benzene rings is 3. The van der Waals surface area contributed by atoms with Crippen molar-refractivity contribution in [3.63, 3.8) is 0 Å². The molecule has 1 heterocycles. The van der Waals surface area contributed by atoms with Gasteiger partial charge in [-0.3, -0.25) is 14.5 Å². The molecule has 0 unspecified atom stereocenters. The number of nitrogens with one attached hydrogen (secondary N) is 1. The highest BCUT2D eigenvalue weighted by atomic mass is 16.5. The van der Waals surface area contributed by atoms with Gasteiger partial charge in [0.2, 0.25) is 0 Å². The average molecular weight is 427 g/mol. The Morgan fingerprint density at radius 1 is 0.812 bits per heavy atom. The topological polar surface area (TPSA) is 58.6 Å². The molecule has 32 heavy (non-hydrogen) atoms. The van der Waals surface area contributed by atoms with Gasteiger partial charge in [-0.15, -0.1) is 0 Å². The van der Waals surface area contributed by atoms with Crippen molar-refractivity contribution in [1.29, 1.82) is 0 Å². The molecule has 0 saturated heterocycles. The van der Waals surface area contributed by atoms with Gasteiger partial charge in [0.05, 0.1) is 12.2 Å². The number of amides is 2. The van der Waals surface area contributed by atoms with E-state index in [4.69, 9.17) is 4.74 Å². The van der Waals surface area contributed by atoms with Crippen molar-refractivity contribution in [2.24, 2.45) is 0 Å². The highest BCUT2D eigenvalue weighted by molar-refractivity contribution is 6.36. The fourth-order valence-corrected chi connectivity index (χ4v) is 3.65. The summed E-state index contributed by atoms with van der Waals surface area (Å²) < 4.78 is 5.66. The van der Waals surface area contributed by atoms with Crippen molar-refractivity contribution in [2.75, 3.05) is 18.5 Å². The number of hydrogen-bond acceptors (Lipinski definition) is 4. The summed E-state index contributed by atoms with van der Waals surface area (Å²) in [5.74, 6) is 0.147. The fraction of sp³-hybridized carbons (Fsp3) is 0.185. The predicted octanol–water partition coefficient (Wildman–Crippen LogP) is 4.91. The van der Waals surface area contributed by atoms with Crippen molar-refractivity contribution < 1.29 is 14.3 Å². The van der Waals surface area contributed by atoms with E-state index in [0.29, 0.717) is 36.4 Å². The molecule has 4 rings (SSSR count). The van der Waals surface area contributed by atoms with Gasteiger partial charge in [-0.05, 0) is 48.2 Å². The van der Waals surface area contributed by atoms with Gasteiger partial charge in [0.25, 0.3) is 11.8 Å². The lowest BCUT2D eigenvalue weighted by Crippen LogP contribution is -2.34. The second-order valence-electron chi connectivity index (χ2n) is 7.61. The summed E-state index contributed by atoms with van der Waals surface area (Å²) in [4.78, 5) is 28.0. The number of nitrogens with zero attached hydrogens (tertiary/aromatic N) is 1. The normalized spacial score (nSPS) is 13.6. The molecule has 5 nitrogen and oxygen atoms in total. The second-order valence-corrected chi connectivity index (χ2v) is 7.61. The first kappa shape index (κ1) is 21.4. The molecular weight excluding hydrogens is 400 g/mol. The van der Waals surface area contributed by atoms with Crippen molar-refractivity contribution in [3.8, 4) is 5.75 Å². The van der Waals surface area contributed by atoms with E-state index in [1.54, 1.807) is 0 Å². The minimum Gasteiger partial charge on any atom is -0.494 e. The van der Waals surface area contributed by atoms with Gasteiger partial charge in [-0.25, -0.2) is 0 Å². The van der Waals surface area contributed by atoms with Crippen LogP contribution in [0.3, 0.4) is 0 Å². The Kier molecular flexibility index (Phi) is 6.66. The van der Waals surface area contributed by atoms with Crippen LogP contribution in [0, 0.1) is 0 Å². The predicted molar refractivity (Wildman–Crippen MR) is 126 cm³/mol. The molecule has 0 bridgehead atoms. The number of carbonyl (C=O) groups is 2. The molecular formula is C27H26N2O3. The molecule has 0 saturated carbocycles. The van der Waals surface area contributed by atoms with Gasteiger partial charge in [0, 0.05) is 12.2 Å². The molecule has 0 fully saturated rings. The van der Waals surface area contributed by atoms with Crippen LogP contribution in [0.25, 0.3) is 5.57 Å². The van der Waals surface area contributed by atoms with Crippen molar-refractivity contribution >= 4 is 23.1 Å². The average Bonchev–Trinajstić information content (AvgIpc) is 3.07. The Morgan fingerprint density at radius 3 is 2.12 bits per heavy atom. The molecule has 0 aromatic heterocycles. The Balaban J connectivity index is 1.63. The number of rotatable bonds is 9. The zero-order valence-corrected chi connectivity index (χ0v) is 18.1. The van der Waals surface area contributed by atoms with E-state index >= 15 is 0 Å². The van der Waals surface area contributed by atoms with Crippen LogP contribution in [0.2, 0.25) is 0 Å². The Morgan fingerprint density at radius 2 is 1.47 bits per heavy atom. The molecule has 0 atom stereocenters. The maximum atomic E-state index is 13.4. The summed E-state index contributed by atoms with van der Waals surface area (Å²) in [6.07, 6.45) is 1.52. The summed E-state index contributed by atoms with van der Waals surface area (Å²) in [5, 5.41) is 3.18. The Bertz CT molecular complexity index is 1110. The number of ether oxygens (including phenoxy) is 1. The number of hydrogen-bond donors (Lipinski definition) is 1. The first-order chi connectivity index (χ1) is 15.7. The quantitative estimate of drug-likeness (QED) is 0.494. The third kappa shape index (κ3) is 4.72. The van der Waals surface area contributed by atoms with Crippen LogP contribution in [0.1, 0.15) is 24.5 Å². The molecule has 1 aliphatic heterocycles. The van der Waals surface area contributed by atoms with Crippen molar-refractivity contribution in [1.82, 2.24) is 4.90 Å². The van der Waals surface area contributed by atoms with Crippen LogP contribution in [0.5, 0.6) is 5.75 Å². The lowest BCUT2D eigenvalue weighted by Gasteiger charge is -2.15. The summed E-state index contributed by atoms with van der Waals surface area (Å²) >= 11 is 0. The van der Waals surface area contributed by atoms with E-state index in [1.165, 1.54) is 4.90 Å². The molecule has 5 heteroatoms. The molecule has 0 radical (unpaired) electrons. The monoisotopic (exact) mass is 426 g/mol. The van der Waals surface area contributed by atoms with Gasteiger partial charge >= 0.3 is 0 Å². The fourth-order valence-electron chi connectivity index (χ4n) is 3.65. The molecule has 0 spiro atoms. The second kappa shape index (κ2) is 9.96. The highest BCUT2D eigenvalue weighted by Gasteiger charge is 2.38. The van der Waals surface area contributed by atoms with Crippen molar-refractivity contribution in [3.05, 3.63) is 102 Å². The maximum absolute atomic E-state index is 13.4. The molecule has 0 aliphatic carbocycles. The zero-order valence-electron chi connectivity index (χ0n) is 18.1. The first-order valence-electron chi connectivity index (χ1n) is 10.9. The molecule has 3 aromatic rings.